The van der Waals surface area contributed by atoms with Crippen molar-refractivity contribution in [3.8, 4) is 11.1 Å². The number of aryl methyl sites for hydroxylation is 1. The molecule has 0 N–H and O–H groups in total. The van der Waals surface area contributed by atoms with Gasteiger partial charge in [-0.3, -0.25) is 0 Å². The van der Waals surface area contributed by atoms with Crippen molar-refractivity contribution in [3.05, 3.63) is 66.1 Å². The summed E-state index contributed by atoms with van der Waals surface area (Å²) in [7, 11) is 0. The highest BCUT2D eigenvalue weighted by atomic mass is 14.2. The van der Waals surface area contributed by atoms with Crippen molar-refractivity contribution in [2.45, 2.75) is 57.8 Å². The molecule has 115 valence electrons. The molecular weight excluding hydrogens is 264 g/mol. The molecule has 1 radical (unpaired) electrons. The third kappa shape index (κ3) is 3.80. The number of unbranched alkanes of at least 4 members (excludes halogenated alkanes) is 1. The van der Waals surface area contributed by atoms with Crippen LogP contribution in [0.3, 0.4) is 0 Å². The summed E-state index contributed by atoms with van der Waals surface area (Å²) >= 11 is 0. The highest BCUT2D eigenvalue weighted by Crippen LogP contribution is 2.33. The topological polar surface area (TPSA) is 0 Å². The molecule has 1 saturated carbocycles. The minimum atomic E-state index is 0.774. The Kier molecular flexibility index (Phi) is 5.32. The van der Waals surface area contributed by atoms with Crippen LogP contribution < -0.4 is 0 Å². The maximum absolute atomic E-state index is 2.44. The molecular formula is C22H27. The first kappa shape index (κ1) is 15.3. The summed E-state index contributed by atoms with van der Waals surface area (Å²) in [5, 5.41) is 0. The van der Waals surface area contributed by atoms with Gasteiger partial charge in [0, 0.05) is 0 Å². The first-order valence-electron chi connectivity index (χ1n) is 8.88. The molecule has 1 aliphatic rings. The van der Waals surface area contributed by atoms with E-state index in [2.05, 4.69) is 61.9 Å². The largest absolute Gasteiger partial charge is 0.0654 e. The molecule has 0 aliphatic heterocycles. The zero-order chi connectivity index (χ0) is 15.2. The minimum Gasteiger partial charge on any atom is -0.0654 e. The molecule has 0 heteroatoms. The lowest BCUT2D eigenvalue weighted by molar-refractivity contribution is 0.512. The summed E-state index contributed by atoms with van der Waals surface area (Å²) in [5.74, 6) is 0.774. The third-order valence-corrected chi connectivity index (χ3v) is 4.93. The average Bonchev–Trinajstić information content (AvgIpc) is 2.61. The molecule has 0 atom stereocenters. The Morgan fingerprint density at radius 1 is 0.818 bits per heavy atom. The SMILES string of the molecule is CCCCc1ccc(-c2ccc(C3CC[CH]CC3)cc2)cc1. The van der Waals surface area contributed by atoms with E-state index in [4.69, 9.17) is 0 Å². The van der Waals surface area contributed by atoms with Gasteiger partial charge in [-0.15, -0.1) is 0 Å². The van der Waals surface area contributed by atoms with Crippen LogP contribution >= 0.6 is 0 Å². The Morgan fingerprint density at radius 3 is 2.00 bits per heavy atom. The van der Waals surface area contributed by atoms with E-state index in [0.717, 1.165) is 5.92 Å². The fraction of sp³-hybridized carbons (Fsp3) is 0.409. The molecule has 2 aromatic rings. The van der Waals surface area contributed by atoms with E-state index < -0.39 is 0 Å². The van der Waals surface area contributed by atoms with Crippen molar-refractivity contribution in [3.63, 3.8) is 0 Å². The highest BCUT2D eigenvalue weighted by Gasteiger charge is 2.15. The van der Waals surface area contributed by atoms with Crippen molar-refractivity contribution >= 4 is 0 Å². The lowest BCUT2D eigenvalue weighted by Crippen LogP contribution is -2.04. The van der Waals surface area contributed by atoms with Gasteiger partial charge in [0.1, 0.15) is 0 Å². The molecule has 1 aliphatic carbocycles. The van der Waals surface area contributed by atoms with Gasteiger partial charge >= 0.3 is 0 Å². The maximum Gasteiger partial charge on any atom is -0.0162 e. The lowest BCUT2D eigenvalue weighted by Gasteiger charge is -2.22. The monoisotopic (exact) mass is 291 g/mol. The Balaban J connectivity index is 1.69. The fourth-order valence-electron chi connectivity index (χ4n) is 3.45. The summed E-state index contributed by atoms with van der Waals surface area (Å²) in [6, 6.07) is 18.4. The molecule has 0 aromatic heterocycles. The smallest absolute Gasteiger partial charge is 0.0162 e. The Morgan fingerprint density at radius 2 is 1.41 bits per heavy atom. The Hall–Kier alpha value is -1.56. The van der Waals surface area contributed by atoms with Crippen LogP contribution in [0.2, 0.25) is 0 Å². The number of hydrogen-bond donors (Lipinski definition) is 0. The number of rotatable bonds is 5. The van der Waals surface area contributed by atoms with Crippen molar-refractivity contribution in [2.24, 2.45) is 0 Å². The molecule has 0 heterocycles. The molecule has 0 unspecified atom stereocenters. The van der Waals surface area contributed by atoms with E-state index in [1.807, 2.05) is 0 Å². The van der Waals surface area contributed by atoms with Gasteiger partial charge in [0.25, 0.3) is 0 Å². The van der Waals surface area contributed by atoms with Crippen LogP contribution in [0.1, 0.15) is 62.5 Å². The average molecular weight is 291 g/mol. The van der Waals surface area contributed by atoms with Crippen LogP contribution in [-0.4, -0.2) is 0 Å². The van der Waals surface area contributed by atoms with Crippen molar-refractivity contribution in [2.75, 3.05) is 0 Å². The second kappa shape index (κ2) is 7.63. The van der Waals surface area contributed by atoms with Crippen LogP contribution in [0.5, 0.6) is 0 Å². The first-order chi connectivity index (χ1) is 10.9. The van der Waals surface area contributed by atoms with Crippen LogP contribution in [0, 0.1) is 6.42 Å². The van der Waals surface area contributed by atoms with E-state index in [-0.39, 0.29) is 0 Å². The molecule has 0 nitrogen and oxygen atoms in total. The predicted molar refractivity (Wildman–Crippen MR) is 96.0 cm³/mol. The van der Waals surface area contributed by atoms with Gasteiger partial charge in [0.2, 0.25) is 0 Å². The van der Waals surface area contributed by atoms with E-state index in [0.29, 0.717) is 0 Å². The van der Waals surface area contributed by atoms with Gasteiger partial charge in [0.15, 0.2) is 0 Å². The van der Waals surface area contributed by atoms with Gasteiger partial charge in [0.05, 0.1) is 0 Å². The highest BCUT2D eigenvalue weighted by molar-refractivity contribution is 5.64. The van der Waals surface area contributed by atoms with Gasteiger partial charge in [-0.25, -0.2) is 0 Å². The van der Waals surface area contributed by atoms with Crippen LogP contribution in [0.4, 0.5) is 0 Å². The quantitative estimate of drug-likeness (QED) is 0.585. The van der Waals surface area contributed by atoms with E-state index in [1.165, 1.54) is 67.2 Å². The molecule has 0 saturated heterocycles. The van der Waals surface area contributed by atoms with Gasteiger partial charge in [-0.1, -0.05) is 61.9 Å². The summed E-state index contributed by atoms with van der Waals surface area (Å²) in [5.41, 5.74) is 5.66. The maximum atomic E-state index is 2.44. The molecule has 0 bridgehead atoms. The van der Waals surface area contributed by atoms with Crippen molar-refractivity contribution in [1.82, 2.24) is 0 Å². The summed E-state index contributed by atoms with van der Waals surface area (Å²) in [4.78, 5) is 0. The van der Waals surface area contributed by atoms with Crippen LogP contribution in [0.15, 0.2) is 48.5 Å². The Bertz CT molecular complexity index is 556. The minimum absolute atomic E-state index is 0.774. The third-order valence-electron chi connectivity index (χ3n) is 4.93. The molecule has 3 rings (SSSR count). The zero-order valence-electron chi connectivity index (χ0n) is 13.7. The molecule has 22 heavy (non-hydrogen) atoms. The normalized spacial score (nSPS) is 15.9. The van der Waals surface area contributed by atoms with Crippen molar-refractivity contribution < 1.29 is 0 Å². The van der Waals surface area contributed by atoms with E-state index in [9.17, 15) is 0 Å². The molecule has 0 amide bonds. The predicted octanol–water partition coefficient (Wildman–Crippen LogP) is 6.56. The van der Waals surface area contributed by atoms with Crippen molar-refractivity contribution in [1.29, 1.82) is 0 Å². The summed E-state index contributed by atoms with van der Waals surface area (Å²) < 4.78 is 0. The lowest BCUT2D eigenvalue weighted by atomic mass is 9.83. The second-order valence-corrected chi connectivity index (χ2v) is 6.56. The molecule has 2 aromatic carbocycles. The van der Waals surface area contributed by atoms with E-state index in [1.54, 1.807) is 0 Å². The van der Waals surface area contributed by atoms with Crippen LogP contribution in [0.25, 0.3) is 11.1 Å². The molecule has 1 fully saturated rings. The zero-order valence-corrected chi connectivity index (χ0v) is 13.7. The molecule has 0 spiro atoms. The summed E-state index contributed by atoms with van der Waals surface area (Å²) in [6.45, 7) is 2.25. The van der Waals surface area contributed by atoms with Gasteiger partial charge in [-0.05, 0) is 73.1 Å². The van der Waals surface area contributed by atoms with Gasteiger partial charge in [-0.2, -0.15) is 0 Å². The van der Waals surface area contributed by atoms with Crippen LogP contribution in [-0.2, 0) is 6.42 Å². The van der Waals surface area contributed by atoms with Gasteiger partial charge < -0.3 is 0 Å². The first-order valence-corrected chi connectivity index (χ1v) is 8.88. The fourth-order valence-corrected chi connectivity index (χ4v) is 3.45. The van der Waals surface area contributed by atoms with E-state index >= 15 is 0 Å². The second-order valence-electron chi connectivity index (χ2n) is 6.56. The number of benzene rings is 2. The number of hydrogen-bond acceptors (Lipinski definition) is 0. The standard InChI is InChI=1S/C22H27/c1-2-3-7-18-10-12-20(13-11-18)22-16-14-21(15-17-22)19-8-5-4-6-9-19/h4,10-17,19H,2-3,5-9H2,1H3. The summed E-state index contributed by atoms with van der Waals surface area (Å²) in [6.07, 6.45) is 11.4. The Labute approximate surface area is 135 Å².